The van der Waals surface area contributed by atoms with Crippen molar-refractivity contribution < 1.29 is 9.53 Å². The number of hydrogen-bond acceptors (Lipinski definition) is 5. The van der Waals surface area contributed by atoms with Crippen LogP contribution in [-0.2, 0) is 17.9 Å². The number of carbonyl (C=O) groups excluding carboxylic acids is 1. The van der Waals surface area contributed by atoms with E-state index in [1.807, 2.05) is 60.4 Å². The molecule has 1 unspecified atom stereocenters. The third-order valence-electron chi connectivity index (χ3n) is 4.67. The van der Waals surface area contributed by atoms with E-state index in [0.29, 0.717) is 30.6 Å². The Hall–Kier alpha value is -2.73. The number of guanidine groups is 1. The molecule has 148 valence electrons. The van der Waals surface area contributed by atoms with Crippen LogP contribution in [0.3, 0.4) is 0 Å². The van der Waals surface area contributed by atoms with Gasteiger partial charge in [0.25, 0.3) is 0 Å². The summed E-state index contributed by atoms with van der Waals surface area (Å²) in [7, 11) is 1.62. The molecule has 3 N–H and O–H groups in total. The van der Waals surface area contributed by atoms with Crippen LogP contribution in [0.15, 0.2) is 53.5 Å². The largest absolute Gasteiger partial charge is 0.497 e. The third kappa shape index (κ3) is 5.16. The summed E-state index contributed by atoms with van der Waals surface area (Å²) in [5.41, 5.74) is 7.59. The van der Waals surface area contributed by atoms with E-state index < -0.39 is 5.54 Å². The highest BCUT2D eigenvalue weighted by molar-refractivity contribution is 6.30. The average Bonchev–Trinajstić information content (AvgIpc) is 2.93. The van der Waals surface area contributed by atoms with E-state index in [1.165, 1.54) is 0 Å². The Morgan fingerprint density at radius 3 is 2.79 bits per heavy atom. The lowest BCUT2D eigenvalue weighted by atomic mass is 9.98. The van der Waals surface area contributed by atoms with Crippen LogP contribution < -0.4 is 15.8 Å². The predicted molar refractivity (Wildman–Crippen MR) is 111 cm³/mol. The maximum atomic E-state index is 12.5. The number of benzene rings is 2. The lowest BCUT2D eigenvalue weighted by Crippen LogP contribution is -2.39. The minimum Gasteiger partial charge on any atom is -0.497 e. The first kappa shape index (κ1) is 20.0. The highest BCUT2D eigenvalue weighted by Crippen LogP contribution is 2.25. The molecule has 0 fully saturated rings. The molecule has 0 aliphatic carbocycles. The first-order chi connectivity index (χ1) is 13.4. The van der Waals surface area contributed by atoms with Crippen molar-refractivity contribution in [3.05, 3.63) is 64.7 Å². The number of nitrogens with zero attached hydrogens (tertiary/aromatic N) is 2. The Kier molecular flexibility index (Phi) is 6.09. The second kappa shape index (κ2) is 8.52. The SMILES string of the molecule is COc1cccc(CNC(=O)CC2(C)CN(Cc3cccc(Cl)c3)C(N)=N2)c1. The van der Waals surface area contributed by atoms with Gasteiger partial charge in [0.15, 0.2) is 5.96 Å². The maximum absolute atomic E-state index is 12.5. The second-order valence-corrected chi connectivity index (χ2v) is 7.69. The number of methoxy groups -OCH3 is 1. The molecule has 0 aromatic heterocycles. The normalized spacial score (nSPS) is 18.7. The van der Waals surface area contributed by atoms with Crippen molar-refractivity contribution in [3.63, 3.8) is 0 Å². The summed E-state index contributed by atoms with van der Waals surface area (Å²) >= 11 is 6.06. The smallest absolute Gasteiger partial charge is 0.222 e. The van der Waals surface area contributed by atoms with Crippen LogP contribution in [-0.4, -0.2) is 36.0 Å². The zero-order valence-corrected chi connectivity index (χ0v) is 16.9. The number of aliphatic imine (C=N–C) groups is 1. The number of hydrogen-bond donors (Lipinski definition) is 2. The molecule has 0 spiro atoms. The van der Waals surface area contributed by atoms with Crippen LogP contribution in [0.2, 0.25) is 5.02 Å². The summed E-state index contributed by atoms with van der Waals surface area (Å²) in [6.07, 6.45) is 0.268. The fourth-order valence-electron chi connectivity index (χ4n) is 3.35. The molecule has 28 heavy (non-hydrogen) atoms. The van der Waals surface area contributed by atoms with Crippen molar-refractivity contribution >= 4 is 23.5 Å². The van der Waals surface area contributed by atoms with Gasteiger partial charge in [0.2, 0.25) is 5.91 Å². The Labute approximate surface area is 170 Å². The highest BCUT2D eigenvalue weighted by atomic mass is 35.5. The molecule has 0 bridgehead atoms. The van der Waals surface area contributed by atoms with Gasteiger partial charge in [-0.3, -0.25) is 4.79 Å². The van der Waals surface area contributed by atoms with E-state index in [4.69, 9.17) is 22.1 Å². The summed E-state index contributed by atoms with van der Waals surface area (Å²) in [6, 6.07) is 15.3. The summed E-state index contributed by atoms with van der Waals surface area (Å²) < 4.78 is 5.21. The number of nitrogens with two attached hydrogens (primary N) is 1. The van der Waals surface area contributed by atoms with Crippen LogP contribution in [0.1, 0.15) is 24.5 Å². The minimum atomic E-state index is -0.554. The number of rotatable bonds is 7. The van der Waals surface area contributed by atoms with Crippen LogP contribution >= 0.6 is 11.6 Å². The quantitative estimate of drug-likeness (QED) is 0.748. The Bertz CT molecular complexity index is 886. The molecule has 6 nitrogen and oxygen atoms in total. The van der Waals surface area contributed by atoms with Gasteiger partial charge in [0, 0.05) is 24.7 Å². The molecule has 1 atom stereocenters. The van der Waals surface area contributed by atoms with E-state index in [0.717, 1.165) is 16.9 Å². The molecule has 1 amide bonds. The third-order valence-corrected chi connectivity index (χ3v) is 4.90. The summed E-state index contributed by atoms with van der Waals surface area (Å²) in [4.78, 5) is 19.0. The van der Waals surface area contributed by atoms with Crippen molar-refractivity contribution in [2.45, 2.75) is 32.0 Å². The average molecular weight is 401 g/mol. The lowest BCUT2D eigenvalue weighted by molar-refractivity contribution is -0.122. The Morgan fingerprint density at radius 2 is 2.04 bits per heavy atom. The molecule has 1 heterocycles. The maximum Gasteiger partial charge on any atom is 0.222 e. The van der Waals surface area contributed by atoms with Crippen molar-refractivity contribution in [2.24, 2.45) is 10.7 Å². The highest BCUT2D eigenvalue weighted by Gasteiger charge is 2.36. The van der Waals surface area contributed by atoms with E-state index in [9.17, 15) is 4.79 Å². The molecule has 2 aromatic carbocycles. The van der Waals surface area contributed by atoms with Gasteiger partial charge in [-0.05, 0) is 42.3 Å². The standard InChI is InChI=1S/C21H25ClN4O2/c1-21(11-19(27)24-12-15-5-4-8-18(10-15)28-2)14-26(20(23)25-21)13-16-6-3-7-17(22)9-16/h3-10H,11-14H2,1-2H3,(H2,23,25)(H,24,27). The molecule has 0 radical (unpaired) electrons. The Morgan fingerprint density at radius 1 is 1.29 bits per heavy atom. The van der Waals surface area contributed by atoms with Crippen molar-refractivity contribution in [3.8, 4) is 5.75 Å². The van der Waals surface area contributed by atoms with Crippen LogP contribution in [0.4, 0.5) is 0 Å². The summed E-state index contributed by atoms with van der Waals surface area (Å²) in [5, 5.41) is 3.64. The molecular weight excluding hydrogens is 376 g/mol. The van der Waals surface area contributed by atoms with Gasteiger partial charge in [-0.2, -0.15) is 0 Å². The van der Waals surface area contributed by atoms with Crippen molar-refractivity contribution in [2.75, 3.05) is 13.7 Å². The first-order valence-electron chi connectivity index (χ1n) is 9.11. The number of halogens is 1. The topological polar surface area (TPSA) is 80.0 Å². The van der Waals surface area contributed by atoms with Gasteiger partial charge in [-0.15, -0.1) is 0 Å². The van der Waals surface area contributed by atoms with Crippen molar-refractivity contribution in [1.29, 1.82) is 0 Å². The fourth-order valence-corrected chi connectivity index (χ4v) is 3.57. The van der Waals surface area contributed by atoms with Crippen LogP contribution in [0.5, 0.6) is 5.75 Å². The number of nitrogens with one attached hydrogen (secondary N) is 1. The van der Waals surface area contributed by atoms with Crippen molar-refractivity contribution in [1.82, 2.24) is 10.2 Å². The summed E-state index contributed by atoms with van der Waals surface area (Å²) in [5.74, 6) is 1.15. The van der Waals surface area contributed by atoms with E-state index >= 15 is 0 Å². The van der Waals surface area contributed by atoms with Gasteiger partial charge in [-0.25, -0.2) is 4.99 Å². The molecular formula is C21H25ClN4O2. The van der Waals surface area contributed by atoms with Crippen LogP contribution in [0.25, 0.3) is 0 Å². The second-order valence-electron chi connectivity index (χ2n) is 7.26. The number of ether oxygens (including phenoxy) is 1. The zero-order chi connectivity index (χ0) is 20.1. The number of amides is 1. The van der Waals surface area contributed by atoms with E-state index in [1.54, 1.807) is 7.11 Å². The van der Waals surface area contributed by atoms with Crippen LogP contribution in [0, 0.1) is 0 Å². The molecule has 3 rings (SSSR count). The van der Waals surface area contributed by atoms with Gasteiger partial charge >= 0.3 is 0 Å². The Balaban J connectivity index is 1.55. The first-order valence-corrected chi connectivity index (χ1v) is 9.49. The monoisotopic (exact) mass is 400 g/mol. The van der Waals surface area contributed by atoms with E-state index in [2.05, 4.69) is 10.3 Å². The zero-order valence-electron chi connectivity index (χ0n) is 16.1. The summed E-state index contributed by atoms with van der Waals surface area (Å²) in [6.45, 7) is 3.58. The lowest BCUT2D eigenvalue weighted by Gasteiger charge is -2.24. The molecule has 7 heteroatoms. The predicted octanol–water partition coefficient (Wildman–Crippen LogP) is 2.94. The van der Waals surface area contributed by atoms with Gasteiger partial charge < -0.3 is 20.7 Å². The van der Waals surface area contributed by atoms with Gasteiger partial charge in [0.05, 0.1) is 19.1 Å². The van der Waals surface area contributed by atoms with Gasteiger partial charge in [-0.1, -0.05) is 35.9 Å². The van der Waals surface area contributed by atoms with E-state index in [-0.39, 0.29) is 12.3 Å². The molecule has 1 aliphatic rings. The number of carbonyl (C=O) groups is 1. The molecule has 1 aliphatic heterocycles. The molecule has 0 saturated carbocycles. The minimum absolute atomic E-state index is 0.0634. The molecule has 2 aromatic rings. The van der Waals surface area contributed by atoms with Gasteiger partial charge in [0.1, 0.15) is 5.75 Å². The molecule has 0 saturated heterocycles. The fraction of sp³-hybridized carbons (Fsp3) is 0.333.